The predicted molar refractivity (Wildman–Crippen MR) is 71.0 cm³/mol. The van der Waals surface area contributed by atoms with E-state index in [-0.39, 0.29) is 18.3 Å². The van der Waals surface area contributed by atoms with Crippen LogP contribution in [0, 0.1) is 11.6 Å². The Hall–Kier alpha value is -2.27. The zero-order chi connectivity index (χ0) is 14.1. The number of hydrogen-bond acceptors (Lipinski definition) is 2. The molecule has 1 aliphatic heterocycles. The van der Waals surface area contributed by atoms with Crippen molar-refractivity contribution in [2.45, 2.75) is 12.6 Å². The Bertz CT molecular complexity index is 673. The van der Waals surface area contributed by atoms with Crippen molar-refractivity contribution < 1.29 is 13.6 Å². The van der Waals surface area contributed by atoms with Crippen LogP contribution in [0.25, 0.3) is 0 Å². The van der Waals surface area contributed by atoms with Gasteiger partial charge in [-0.15, -0.1) is 0 Å². The van der Waals surface area contributed by atoms with Gasteiger partial charge < -0.3 is 5.32 Å². The lowest BCUT2D eigenvalue weighted by Gasteiger charge is -2.12. The molecule has 1 atom stereocenters. The second-order valence-corrected chi connectivity index (χ2v) is 4.63. The van der Waals surface area contributed by atoms with E-state index < -0.39 is 11.9 Å². The minimum absolute atomic E-state index is 0.224. The average Bonchev–Trinajstić information content (AvgIpc) is 2.73. The SMILES string of the molecule is O=C1Nc2cc(F)ccc2C1NCc1ccccc1F. The number of benzene rings is 2. The summed E-state index contributed by atoms with van der Waals surface area (Å²) in [5.74, 6) is -0.988. The zero-order valence-corrected chi connectivity index (χ0v) is 10.5. The molecule has 0 saturated heterocycles. The van der Waals surface area contributed by atoms with E-state index in [9.17, 15) is 13.6 Å². The predicted octanol–water partition coefficient (Wildman–Crippen LogP) is 2.75. The minimum Gasteiger partial charge on any atom is -0.324 e. The zero-order valence-electron chi connectivity index (χ0n) is 10.5. The van der Waals surface area contributed by atoms with E-state index in [1.54, 1.807) is 24.3 Å². The first-order valence-corrected chi connectivity index (χ1v) is 6.22. The first-order valence-electron chi connectivity index (χ1n) is 6.22. The van der Waals surface area contributed by atoms with Crippen LogP contribution >= 0.6 is 0 Å². The molecule has 0 aliphatic carbocycles. The molecule has 0 fully saturated rings. The van der Waals surface area contributed by atoms with Gasteiger partial charge in [-0.05, 0) is 18.2 Å². The van der Waals surface area contributed by atoms with Gasteiger partial charge in [-0.3, -0.25) is 10.1 Å². The van der Waals surface area contributed by atoms with Crippen molar-refractivity contribution >= 4 is 11.6 Å². The van der Waals surface area contributed by atoms with Crippen molar-refractivity contribution in [3.63, 3.8) is 0 Å². The van der Waals surface area contributed by atoms with Gasteiger partial charge in [0, 0.05) is 23.4 Å². The minimum atomic E-state index is -0.592. The van der Waals surface area contributed by atoms with Crippen LogP contribution in [-0.2, 0) is 11.3 Å². The number of carbonyl (C=O) groups excluding carboxylic acids is 1. The number of rotatable bonds is 3. The summed E-state index contributed by atoms with van der Waals surface area (Å²) < 4.78 is 26.6. The average molecular weight is 274 g/mol. The molecular formula is C15H12F2N2O. The molecule has 2 N–H and O–H groups in total. The second kappa shape index (κ2) is 5.02. The summed E-state index contributed by atoms with van der Waals surface area (Å²) in [4.78, 5) is 11.9. The van der Waals surface area contributed by atoms with Crippen molar-refractivity contribution in [3.8, 4) is 0 Å². The molecule has 0 aromatic heterocycles. The fourth-order valence-corrected chi connectivity index (χ4v) is 2.29. The van der Waals surface area contributed by atoms with Gasteiger partial charge in [-0.25, -0.2) is 8.78 Å². The van der Waals surface area contributed by atoms with Crippen LogP contribution < -0.4 is 10.6 Å². The maximum Gasteiger partial charge on any atom is 0.246 e. The Balaban J connectivity index is 1.79. The Morgan fingerprint density at radius 2 is 1.95 bits per heavy atom. The lowest BCUT2D eigenvalue weighted by Crippen LogP contribution is -2.27. The second-order valence-electron chi connectivity index (χ2n) is 4.63. The Kier molecular flexibility index (Phi) is 3.20. The summed E-state index contributed by atoms with van der Waals surface area (Å²) in [5, 5.41) is 5.59. The summed E-state index contributed by atoms with van der Waals surface area (Å²) in [6, 6.07) is 9.91. The maximum atomic E-state index is 13.5. The van der Waals surface area contributed by atoms with Crippen LogP contribution in [0.3, 0.4) is 0 Å². The fourth-order valence-electron chi connectivity index (χ4n) is 2.29. The van der Waals surface area contributed by atoms with Gasteiger partial charge in [0.25, 0.3) is 0 Å². The first kappa shape index (κ1) is 12.7. The molecule has 2 aromatic carbocycles. The van der Waals surface area contributed by atoms with Gasteiger partial charge in [-0.2, -0.15) is 0 Å². The molecular weight excluding hydrogens is 262 g/mol. The number of carbonyl (C=O) groups is 1. The van der Waals surface area contributed by atoms with Crippen LogP contribution in [0.4, 0.5) is 14.5 Å². The van der Waals surface area contributed by atoms with Gasteiger partial charge in [0.15, 0.2) is 0 Å². The van der Waals surface area contributed by atoms with E-state index in [1.807, 2.05) is 0 Å². The van der Waals surface area contributed by atoms with Crippen LogP contribution in [0.5, 0.6) is 0 Å². The van der Waals surface area contributed by atoms with Crippen molar-refractivity contribution in [1.82, 2.24) is 5.32 Å². The molecule has 1 unspecified atom stereocenters. The molecule has 0 bridgehead atoms. The molecule has 0 spiro atoms. The van der Waals surface area contributed by atoms with Gasteiger partial charge in [0.1, 0.15) is 17.7 Å². The fraction of sp³-hybridized carbons (Fsp3) is 0.133. The molecule has 1 aliphatic rings. The molecule has 2 aromatic rings. The van der Waals surface area contributed by atoms with E-state index in [1.165, 1.54) is 18.2 Å². The maximum absolute atomic E-state index is 13.5. The largest absolute Gasteiger partial charge is 0.324 e. The summed E-state index contributed by atoms with van der Waals surface area (Å²) in [5.41, 5.74) is 1.62. The number of anilines is 1. The highest BCUT2D eigenvalue weighted by Crippen LogP contribution is 2.31. The molecule has 0 saturated carbocycles. The molecule has 20 heavy (non-hydrogen) atoms. The Morgan fingerprint density at radius 1 is 1.15 bits per heavy atom. The van der Waals surface area contributed by atoms with Gasteiger partial charge >= 0.3 is 0 Å². The standard InChI is InChI=1S/C15H12F2N2O/c16-10-5-6-11-13(7-10)19-15(20)14(11)18-8-9-3-1-2-4-12(9)17/h1-7,14,18H,8H2,(H,19,20). The third kappa shape index (κ3) is 2.28. The van der Waals surface area contributed by atoms with E-state index >= 15 is 0 Å². The molecule has 1 heterocycles. The molecule has 3 nitrogen and oxygen atoms in total. The summed E-state index contributed by atoms with van der Waals surface area (Å²) in [7, 11) is 0. The van der Waals surface area contributed by atoms with Crippen LogP contribution in [0.1, 0.15) is 17.2 Å². The highest BCUT2D eigenvalue weighted by atomic mass is 19.1. The molecule has 0 radical (unpaired) electrons. The third-order valence-corrected chi connectivity index (χ3v) is 3.30. The molecule has 102 valence electrons. The van der Waals surface area contributed by atoms with Crippen molar-refractivity contribution in [3.05, 3.63) is 65.2 Å². The highest BCUT2D eigenvalue weighted by Gasteiger charge is 2.30. The molecule has 1 amide bonds. The lowest BCUT2D eigenvalue weighted by atomic mass is 10.1. The van der Waals surface area contributed by atoms with Gasteiger partial charge in [-0.1, -0.05) is 24.3 Å². The van der Waals surface area contributed by atoms with Crippen molar-refractivity contribution in [2.75, 3.05) is 5.32 Å². The van der Waals surface area contributed by atoms with E-state index in [2.05, 4.69) is 10.6 Å². The van der Waals surface area contributed by atoms with Crippen LogP contribution in [0.15, 0.2) is 42.5 Å². The number of amides is 1. The van der Waals surface area contributed by atoms with Crippen LogP contribution in [-0.4, -0.2) is 5.91 Å². The number of halogens is 2. The monoisotopic (exact) mass is 274 g/mol. The first-order chi connectivity index (χ1) is 9.65. The molecule has 5 heteroatoms. The Morgan fingerprint density at radius 3 is 2.75 bits per heavy atom. The summed E-state index contributed by atoms with van der Waals surface area (Å²) in [6.07, 6.45) is 0. The number of nitrogens with one attached hydrogen (secondary N) is 2. The molecule has 3 rings (SSSR count). The normalized spacial score (nSPS) is 16.9. The van der Waals surface area contributed by atoms with Crippen LogP contribution in [0.2, 0.25) is 0 Å². The van der Waals surface area contributed by atoms with Gasteiger partial charge in [0.2, 0.25) is 5.91 Å². The topological polar surface area (TPSA) is 41.1 Å². The van der Waals surface area contributed by atoms with E-state index in [4.69, 9.17) is 0 Å². The number of fused-ring (bicyclic) bond motifs is 1. The van der Waals surface area contributed by atoms with E-state index in [0.29, 0.717) is 16.8 Å². The summed E-state index contributed by atoms with van der Waals surface area (Å²) in [6.45, 7) is 0.224. The number of hydrogen-bond donors (Lipinski definition) is 2. The van der Waals surface area contributed by atoms with Crippen molar-refractivity contribution in [2.24, 2.45) is 0 Å². The Labute approximate surface area is 114 Å². The highest BCUT2D eigenvalue weighted by molar-refractivity contribution is 6.02. The van der Waals surface area contributed by atoms with Crippen molar-refractivity contribution in [1.29, 1.82) is 0 Å². The van der Waals surface area contributed by atoms with Gasteiger partial charge in [0.05, 0.1) is 0 Å². The summed E-state index contributed by atoms with van der Waals surface area (Å²) >= 11 is 0. The third-order valence-electron chi connectivity index (χ3n) is 3.30. The van der Waals surface area contributed by atoms with E-state index in [0.717, 1.165) is 0 Å². The lowest BCUT2D eigenvalue weighted by molar-refractivity contribution is -0.117. The smallest absolute Gasteiger partial charge is 0.246 e. The quantitative estimate of drug-likeness (QED) is 0.903.